The maximum Gasteiger partial charge on any atom is 0.355 e. The zero-order chi connectivity index (χ0) is 10.1. The number of H-pyrrole nitrogens is 1. The van der Waals surface area contributed by atoms with Crippen LogP contribution in [0.2, 0.25) is 0 Å². The highest BCUT2D eigenvalue weighted by Crippen LogP contribution is 2.12. The van der Waals surface area contributed by atoms with E-state index in [1.807, 2.05) is 20.8 Å². The number of esters is 1. The zero-order valence-electron chi connectivity index (χ0n) is 8.05. The van der Waals surface area contributed by atoms with Crippen LogP contribution in [0.3, 0.4) is 0 Å². The molecule has 0 aromatic carbocycles. The van der Waals surface area contributed by atoms with Gasteiger partial charge in [0.25, 0.3) is 0 Å². The summed E-state index contributed by atoms with van der Waals surface area (Å²) in [7, 11) is 0. The van der Waals surface area contributed by atoms with Gasteiger partial charge in [0.1, 0.15) is 17.1 Å². The normalized spacial score (nSPS) is 11.3. The van der Waals surface area contributed by atoms with Crippen molar-refractivity contribution in [1.29, 1.82) is 0 Å². The largest absolute Gasteiger partial charge is 0.455 e. The summed E-state index contributed by atoms with van der Waals surface area (Å²) in [6.45, 7) is 5.45. The first-order valence-electron chi connectivity index (χ1n) is 4.06. The van der Waals surface area contributed by atoms with Crippen molar-refractivity contribution in [2.45, 2.75) is 26.4 Å². The van der Waals surface area contributed by atoms with Crippen LogP contribution in [-0.4, -0.2) is 16.6 Å². The monoisotopic (exact) mass is 182 g/mol. The van der Waals surface area contributed by atoms with Crippen molar-refractivity contribution in [3.63, 3.8) is 0 Å². The fourth-order valence-electron chi connectivity index (χ4n) is 0.864. The van der Waals surface area contributed by atoms with Crippen molar-refractivity contribution >= 4 is 11.8 Å². The number of nitrogens with two attached hydrogens (primary N) is 1. The molecule has 0 saturated carbocycles. The van der Waals surface area contributed by atoms with E-state index in [9.17, 15) is 4.79 Å². The summed E-state index contributed by atoms with van der Waals surface area (Å²) < 4.78 is 5.11. The highest BCUT2D eigenvalue weighted by Gasteiger charge is 2.18. The van der Waals surface area contributed by atoms with Crippen LogP contribution in [0.4, 0.5) is 5.82 Å². The topological polar surface area (TPSA) is 68.1 Å². The summed E-state index contributed by atoms with van der Waals surface area (Å²) in [6, 6.07) is 3.22. The van der Waals surface area contributed by atoms with Crippen LogP contribution in [0, 0.1) is 0 Å². The van der Waals surface area contributed by atoms with Crippen molar-refractivity contribution < 1.29 is 9.53 Å². The van der Waals surface area contributed by atoms with Crippen LogP contribution >= 0.6 is 0 Å². The average Bonchev–Trinajstić information content (AvgIpc) is 2.31. The van der Waals surface area contributed by atoms with E-state index in [1.165, 1.54) is 0 Å². The molecule has 3 N–H and O–H groups in total. The molecule has 0 aliphatic carbocycles. The summed E-state index contributed by atoms with van der Waals surface area (Å²) >= 11 is 0. The number of nitrogens with one attached hydrogen (secondary N) is 1. The predicted molar refractivity (Wildman–Crippen MR) is 50.4 cm³/mol. The molecule has 0 radical (unpaired) electrons. The van der Waals surface area contributed by atoms with Gasteiger partial charge in [-0.3, -0.25) is 0 Å². The fourth-order valence-corrected chi connectivity index (χ4v) is 0.864. The van der Waals surface area contributed by atoms with Crippen molar-refractivity contribution in [3.8, 4) is 0 Å². The van der Waals surface area contributed by atoms with Crippen LogP contribution < -0.4 is 5.73 Å². The molecular formula is C9H14N2O2. The highest BCUT2D eigenvalue weighted by molar-refractivity contribution is 5.88. The Bertz CT molecular complexity index is 310. The predicted octanol–water partition coefficient (Wildman–Crippen LogP) is 1.55. The van der Waals surface area contributed by atoms with E-state index >= 15 is 0 Å². The van der Waals surface area contributed by atoms with Crippen LogP contribution in [-0.2, 0) is 4.74 Å². The highest BCUT2D eigenvalue weighted by atomic mass is 16.6. The fraction of sp³-hybridized carbons (Fsp3) is 0.444. The molecule has 0 unspecified atom stereocenters. The minimum Gasteiger partial charge on any atom is -0.455 e. The molecule has 0 aliphatic heterocycles. The molecule has 1 heterocycles. The van der Waals surface area contributed by atoms with E-state index in [0.717, 1.165) is 0 Å². The van der Waals surface area contributed by atoms with Gasteiger partial charge in [-0.1, -0.05) is 0 Å². The summed E-state index contributed by atoms with van der Waals surface area (Å²) in [5, 5.41) is 0. The van der Waals surface area contributed by atoms with Gasteiger partial charge in [-0.25, -0.2) is 4.79 Å². The first-order chi connectivity index (χ1) is 5.88. The third kappa shape index (κ3) is 2.82. The van der Waals surface area contributed by atoms with Gasteiger partial charge in [0.05, 0.1) is 0 Å². The molecule has 1 aromatic heterocycles. The van der Waals surface area contributed by atoms with Gasteiger partial charge in [-0.15, -0.1) is 0 Å². The number of anilines is 1. The molecule has 1 rings (SSSR count). The SMILES string of the molecule is CC(C)(C)OC(=O)c1ccc(N)[nH]1. The maximum atomic E-state index is 11.4. The summed E-state index contributed by atoms with van der Waals surface area (Å²) in [5.74, 6) is 0.0741. The molecule has 0 aliphatic rings. The molecule has 0 spiro atoms. The number of aromatic amines is 1. The second kappa shape index (κ2) is 3.12. The first kappa shape index (κ1) is 9.64. The van der Waals surface area contributed by atoms with E-state index in [4.69, 9.17) is 10.5 Å². The van der Waals surface area contributed by atoms with Gasteiger partial charge in [0.2, 0.25) is 0 Å². The minimum atomic E-state index is -0.475. The Morgan fingerprint density at radius 3 is 2.46 bits per heavy atom. The van der Waals surface area contributed by atoms with E-state index in [1.54, 1.807) is 12.1 Å². The van der Waals surface area contributed by atoms with Crippen LogP contribution in [0.1, 0.15) is 31.3 Å². The number of carbonyl (C=O) groups excluding carboxylic acids is 1. The lowest BCUT2D eigenvalue weighted by atomic mass is 10.2. The molecular weight excluding hydrogens is 168 g/mol. The molecule has 0 amide bonds. The molecule has 4 nitrogen and oxygen atoms in total. The molecule has 72 valence electrons. The standard InChI is InChI=1S/C9H14N2O2/c1-9(2,3)13-8(12)6-4-5-7(10)11-6/h4-5,11H,10H2,1-3H3. The Hall–Kier alpha value is -1.45. The third-order valence-electron chi connectivity index (χ3n) is 1.33. The Morgan fingerprint density at radius 1 is 1.46 bits per heavy atom. The molecule has 4 heteroatoms. The summed E-state index contributed by atoms with van der Waals surface area (Å²) in [6.07, 6.45) is 0. The number of ether oxygens (including phenoxy) is 1. The van der Waals surface area contributed by atoms with E-state index in [0.29, 0.717) is 11.5 Å². The quantitative estimate of drug-likeness (QED) is 0.647. The molecule has 1 aromatic rings. The average molecular weight is 182 g/mol. The van der Waals surface area contributed by atoms with Crippen molar-refractivity contribution in [2.24, 2.45) is 0 Å². The van der Waals surface area contributed by atoms with Crippen LogP contribution in [0.25, 0.3) is 0 Å². The lowest BCUT2D eigenvalue weighted by Crippen LogP contribution is -2.24. The van der Waals surface area contributed by atoms with Gasteiger partial charge in [0.15, 0.2) is 0 Å². The van der Waals surface area contributed by atoms with Crippen LogP contribution in [0.5, 0.6) is 0 Å². The van der Waals surface area contributed by atoms with Crippen LogP contribution in [0.15, 0.2) is 12.1 Å². The van der Waals surface area contributed by atoms with Gasteiger partial charge in [-0.2, -0.15) is 0 Å². The number of carbonyl (C=O) groups is 1. The second-order valence-corrected chi connectivity index (χ2v) is 3.83. The molecule has 0 bridgehead atoms. The minimum absolute atomic E-state index is 0.382. The van der Waals surface area contributed by atoms with E-state index in [-0.39, 0.29) is 5.97 Å². The lowest BCUT2D eigenvalue weighted by molar-refractivity contribution is 0.00637. The van der Waals surface area contributed by atoms with Crippen molar-refractivity contribution in [2.75, 3.05) is 5.73 Å². The van der Waals surface area contributed by atoms with Gasteiger partial charge < -0.3 is 15.5 Å². The van der Waals surface area contributed by atoms with Crippen molar-refractivity contribution in [1.82, 2.24) is 4.98 Å². The maximum absolute atomic E-state index is 11.4. The summed E-state index contributed by atoms with van der Waals surface area (Å²) in [5.41, 5.74) is 5.32. The Morgan fingerprint density at radius 2 is 2.08 bits per heavy atom. The van der Waals surface area contributed by atoms with Gasteiger partial charge in [-0.05, 0) is 32.9 Å². The number of hydrogen-bond acceptors (Lipinski definition) is 3. The second-order valence-electron chi connectivity index (χ2n) is 3.83. The van der Waals surface area contributed by atoms with E-state index < -0.39 is 5.60 Å². The van der Waals surface area contributed by atoms with E-state index in [2.05, 4.69) is 4.98 Å². The third-order valence-corrected chi connectivity index (χ3v) is 1.33. The smallest absolute Gasteiger partial charge is 0.355 e. The Balaban J connectivity index is 2.70. The Kier molecular flexibility index (Phi) is 2.32. The molecule has 0 saturated heterocycles. The number of hydrogen-bond donors (Lipinski definition) is 2. The van der Waals surface area contributed by atoms with Gasteiger partial charge >= 0.3 is 5.97 Å². The first-order valence-corrected chi connectivity index (χ1v) is 4.06. The van der Waals surface area contributed by atoms with Crippen molar-refractivity contribution in [3.05, 3.63) is 17.8 Å². The Labute approximate surface area is 77.1 Å². The molecule has 0 fully saturated rings. The number of aromatic nitrogens is 1. The lowest BCUT2D eigenvalue weighted by Gasteiger charge is -2.18. The number of nitrogen functional groups attached to an aromatic ring is 1. The molecule has 0 atom stereocenters. The van der Waals surface area contributed by atoms with Gasteiger partial charge in [0, 0.05) is 0 Å². The molecule has 13 heavy (non-hydrogen) atoms. The number of rotatable bonds is 1. The summed E-state index contributed by atoms with van der Waals surface area (Å²) in [4.78, 5) is 14.1. The zero-order valence-corrected chi connectivity index (χ0v) is 8.05.